The number of carboxylic acids is 1. The molecule has 1 N–H and O–H groups in total. The number of ether oxygens (including phenoxy) is 1. The molecule has 2 unspecified atom stereocenters. The molecule has 4 nitrogen and oxygen atoms in total. The molecule has 2 aromatic carbocycles. The van der Waals surface area contributed by atoms with Crippen molar-refractivity contribution in [3.63, 3.8) is 0 Å². The van der Waals surface area contributed by atoms with Crippen molar-refractivity contribution in [2.75, 3.05) is 13.7 Å². The van der Waals surface area contributed by atoms with Gasteiger partial charge in [0.1, 0.15) is 11.8 Å². The molecular formula is C20H21Cl2NO3. The van der Waals surface area contributed by atoms with Gasteiger partial charge in [-0.15, -0.1) is 0 Å². The zero-order valence-corrected chi connectivity index (χ0v) is 16.0. The molecule has 0 bridgehead atoms. The first-order valence-corrected chi connectivity index (χ1v) is 9.35. The van der Waals surface area contributed by atoms with Gasteiger partial charge in [-0.05, 0) is 37.1 Å². The van der Waals surface area contributed by atoms with Crippen LogP contribution in [0.2, 0.25) is 10.0 Å². The van der Waals surface area contributed by atoms with Crippen molar-refractivity contribution >= 4 is 29.2 Å². The van der Waals surface area contributed by atoms with Gasteiger partial charge in [0.15, 0.2) is 0 Å². The molecule has 6 heteroatoms. The number of benzene rings is 2. The third kappa shape index (κ3) is 3.68. The summed E-state index contributed by atoms with van der Waals surface area (Å²) >= 11 is 12.8. The monoisotopic (exact) mass is 393 g/mol. The Morgan fingerprint density at radius 1 is 1.15 bits per heavy atom. The lowest BCUT2D eigenvalue weighted by Gasteiger charge is -2.40. The molecule has 26 heavy (non-hydrogen) atoms. The van der Waals surface area contributed by atoms with Crippen LogP contribution in [-0.4, -0.2) is 35.7 Å². The standard InChI is InChI=1S/C20H21Cl2NO3/c1-26-17-11-3-2-7-13(17)19(14-8-6-9-15(21)18(14)22)23-12-5-4-10-16(23)20(24)25/h2-3,6-9,11,16,19H,4-5,10,12H2,1H3,(H,24,25). The average molecular weight is 394 g/mol. The Morgan fingerprint density at radius 2 is 1.88 bits per heavy atom. The quantitative estimate of drug-likeness (QED) is 0.773. The van der Waals surface area contributed by atoms with Gasteiger partial charge in [0, 0.05) is 5.56 Å². The smallest absolute Gasteiger partial charge is 0.320 e. The van der Waals surface area contributed by atoms with Gasteiger partial charge >= 0.3 is 5.97 Å². The van der Waals surface area contributed by atoms with Gasteiger partial charge in [-0.1, -0.05) is 60.0 Å². The molecule has 0 saturated carbocycles. The number of aliphatic carboxylic acids is 1. The van der Waals surface area contributed by atoms with Gasteiger partial charge in [-0.2, -0.15) is 0 Å². The molecule has 1 saturated heterocycles. The average Bonchev–Trinajstić information content (AvgIpc) is 2.66. The van der Waals surface area contributed by atoms with Crippen LogP contribution >= 0.6 is 23.2 Å². The fourth-order valence-electron chi connectivity index (χ4n) is 3.68. The molecule has 1 aliphatic rings. The van der Waals surface area contributed by atoms with E-state index in [-0.39, 0.29) is 6.04 Å². The number of piperidine rings is 1. The van der Waals surface area contributed by atoms with Gasteiger partial charge in [0.05, 0.1) is 23.2 Å². The van der Waals surface area contributed by atoms with E-state index in [0.29, 0.717) is 28.8 Å². The molecule has 3 rings (SSSR count). The molecule has 0 amide bonds. The normalized spacial score (nSPS) is 19.1. The SMILES string of the molecule is COc1ccccc1C(c1cccc(Cl)c1Cl)N1CCCCC1C(=O)O. The van der Waals surface area contributed by atoms with E-state index >= 15 is 0 Å². The fourth-order valence-corrected chi connectivity index (χ4v) is 4.09. The number of rotatable bonds is 5. The number of hydrogen-bond acceptors (Lipinski definition) is 3. The topological polar surface area (TPSA) is 49.8 Å². The molecular weight excluding hydrogens is 373 g/mol. The summed E-state index contributed by atoms with van der Waals surface area (Å²) in [5, 5.41) is 10.7. The second kappa shape index (κ2) is 8.30. The predicted octanol–water partition coefficient (Wildman–Crippen LogP) is 5.03. The minimum absolute atomic E-state index is 0.348. The molecule has 1 aliphatic heterocycles. The van der Waals surface area contributed by atoms with Crippen LogP contribution in [-0.2, 0) is 4.79 Å². The molecule has 0 aromatic heterocycles. The van der Waals surface area contributed by atoms with E-state index in [9.17, 15) is 9.90 Å². The zero-order chi connectivity index (χ0) is 18.7. The number of carbonyl (C=O) groups is 1. The maximum atomic E-state index is 11.9. The van der Waals surface area contributed by atoms with Gasteiger partial charge in [-0.3, -0.25) is 9.69 Å². The van der Waals surface area contributed by atoms with E-state index in [1.165, 1.54) is 0 Å². The molecule has 0 spiro atoms. The highest BCUT2D eigenvalue weighted by Gasteiger charge is 2.37. The van der Waals surface area contributed by atoms with Gasteiger partial charge in [0.25, 0.3) is 0 Å². The molecule has 0 aliphatic carbocycles. The lowest BCUT2D eigenvalue weighted by atomic mass is 9.91. The lowest BCUT2D eigenvalue weighted by molar-refractivity contribution is -0.145. The maximum absolute atomic E-state index is 11.9. The van der Waals surface area contributed by atoms with Gasteiger partial charge in [0.2, 0.25) is 0 Å². The highest BCUT2D eigenvalue weighted by Crippen LogP contribution is 2.42. The van der Waals surface area contributed by atoms with Crippen molar-refractivity contribution < 1.29 is 14.6 Å². The van der Waals surface area contributed by atoms with E-state index in [2.05, 4.69) is 0 Å². The minimum Gasteiger partial charge on any atom is -0.496 e. The van der Waals surface area contributed by atoms with Gasteiger partial charge < -0.3 is 9.84 Å². The maximum Gasteiger partial charge on any atom is 0.320 e. The first-order chi connectivity index (χ1) is 12.5. The predicted molar refractivity (Wildman–Crippen MR) is 103 cm³/mol. The summed E-state index contributed by atoms with van der Waals surface area (Å²) in [5.74, 6) is -0.119. The largest absolute Gasteiger partial charge is 0.496 e. The van der Waals surface area contributed by atoms with Crippen LogP contribution in [0.5, 0.6) is 5.75 Å². The Morgan fingerprint density at radius 3 is 2.62 bits per heavy atom. The summed E-state index contributed by atoms with van der Waals surface area (Å²) in [6.45, 7) is 0.669. The Kier molecular flexibility index (Phi) is 6.07. The summed E-state index contributed by atoms with van der Waals surface area (Å²) in [5.41, 5.74) is 1.67. The molecule has 138 valence electrons. The number of methoxy groups -OCH3 is 1. The van der Waals surface area contributed by atoms with Crippen LogP contribution in [0.15, 0.2) is 42.5 Å². The van der Waals surface area contributed by atoms with Crippen molar-refractivity contribution in [3.8, 4) is 5.75 Å². The molecule has 0 radical (unpaired) electrons. The molecule has 1 heterocycles. The second-order valence-electron chi connectivity index (χ2n) is 6.38. The first kappa shape index (κ1) is 19.0. The van der Waals surface area contributed by atoms with E-state index in [1.54, 1.807) is 13.2 Å². The summed E-state index contributed by atoms with van der Waals surface area (Å²) in [4.78, 5) is 13.9. The Hall–Kier alpha value is -1.75. The zero-order valence-electron chi connectivity index (χ0n) is 14.5. The highest BCUT2D eigenvalue weighted by atomic mass is 35.5. The Bertz CT molecular complexity index is 796. The number of likely N-dealkylation sites (tertiary alicyclic amines) is 1. The third-order valence-corrected chi connectivity index (χ3v) is 5.70. The third-order valence-electron chi connectivity index (χ3n) is 4.87. The van der Waals surface area contributed by atoms with Crippen molar-refractivity contribution in [1.29, 1.82) is 0 Å². The molecule has 2 atom stereocenters. The van der Waals surface area contributed by atoms with Crippen molar-refractivity contribution in [2.45, 2.75) is 31.3 Å². The van der Waals surface area contributed by atoms with Crippen LogP contribution in [0.25, 0.3) is 0 Å². The van der Waals surface area contributed by atoms with Gasteiger partial charge in [-0.25, -0.2) is 0 Å². The van der Waals surface area contributed by atoms with Crippen molar-refractivity contribution in [2.24, 2.45) is 0 Å². The summed E-state index contributed by atoms with van der Waals surface area (Å²) < 4.78 is 5.55. The van der Waals surface area contributed by atoms with E-state index in [4.69, 9.17) is 27.9 Å². The Balaban J connectivity index is 2.19. The summed E-state index contributed by atoms with van der Waals surface area (Å²) in [6.07, 6.45) is 2.45. The van der Waals surface area contributed by atoms with Crippen LogP contribution in [0, 0.1) is 0 Å². The summed E-state index contributed by atoms with van der Waals surface area (Å²) in [7, 11) is 1.61. The molecule has 1 fully saturated rings. The number of carboxylic acid groups (broad SMARTS) is 1. The first-order valence-electron chi connectivity index (χ1n) is 8.60. The Labute approximate surface area is 163 Å². The van der Waals surface area contributed by atoms with E-state index in [1.807, 2.05) is 41.3 Å². The fraction of sp³-hybridized carbons (Fsp3) is 0.350. The van der Waals surface area contributed by atoms with Crippen LogP contribution in [0.3, 0.4) is 0 Å². The number of hydrogen-bond donors (Lipinski definition) is 1. The van der Waals surface area contributed by atoms with E-state index in [0.717, 1.165) is 24.0 Å². The number of para-hydroxylation sites is 1. The van der Waals surface area contributed by atoms with E-state index < -0.39 is 12.0 Å². The number of halogens is 2. The van der Waals surface area contributed by atoms with Crippen LogP contribution in [0.1, 0.15) is 36.4 Å². The van der Waals surface area contributed by atoms with Crippen molar-refractivity contribution in [1.82, 2.24) is 4.90 Å². The lowest BCUT2D eigenvalue weighted by Crippen LogP contribution is -2.47. The van der Waals surface area contributed by atoms with Crippen LogP contribution < -0.4 is 4.74 Å². The summed E-state index contributed by atoms with van der Waals surface area (Å²) in [6, 6.07) is 12.2. The minimum atomic E-state index is -0.817. The van der Waals surface area contributed by atoms with Crippen molar-refractivity contribution in [3.05, 3.63) is 63.6 Å². The van der Waals surface area contributed by atoms with Crippen LogP contribution in [0.4, 0.5) is 0 Å². The number of nitrogens with zero attached hydrogens (tertiary/aromatic N) is 1. The molecule has 2 aromatic rings. The second-order valence-corrected chi connectivity index (χ2v) is 7.16. The highest BCUT2D eigenvalue weighted by molar-refractivity contribution is 6.42.